The predicted molar refractivity (Wildman–Crippen MR) is 128 cm³/mol. The highest BCUT2D eigenvalue weighted by Crippen LogP contribution is 2.20. The highest BCUT2D eigenvalue weighted by atomic mass is 32.2. The Hall–Kier alpha value is -2.75. The van der Waals surface area contributed by atoms with Crippen LogP contribution in [-0.4, -0.2) is 57.4 Å². The monoisotopic (exact) mass is 525 g/mol. The van der Waals surface area contributed by atoms with Crippen molar-refractivity contribution in [1.29, 1.82) is 0 Å². The van der Waals surface area contributed by atoms with Gasteiger partial charge in [0.2, 0.25) is 10.0 Å². The molecular weight excluding hydrogens is 502 g/mol. The Morgan fingerprint density at radius 3 is 2.59 bits per heavy atom. The number of methoxy groups -OCH3 is 2. The molecule has 2 aromatic heterocycles. The zero-order valence-corrected chi connectivity index (χ0v) is 20.8. The number of carbonyl (C=O) groups is 1. The van der Waals surface area contributed by atoms with Gasteiger partial charge in [0.15, 0.2) is 17.5 Å². The van der Waals surface area contributed by atoms with Crippen molar-refractivity contribution in [3.63, 3.8) is 0 Å². The lowest BCUT2D eigenvalue weighted by molar-refractivity contribution is -0.110. The third kappa shape index (κ3) is 7.38. The molecule has 0 saturated carbocycles. The molecule has 0 aliphatic heterocycles. The van der Waals surface area contributed by atoms with Crippen LogP contribution >= 0.6 is 22.7 Å². The van der Waals surface area contributed by atoms with Crippen molar-refractivity contribution in [3.8, 4) is 0 Å². The lowest BCUT2D eigenvalue weighted by atomic mass is 10.1. The molecular formula is C20H23N5O6S3. The molecule has 2 N–H and O–H groups in total. The summed E-state index contributed by atoms with van der Waals surface area (Å²) in [7, 11) is -0.671. The van der Waals surface area contributed by atoms with Crippen LogP contribution < -0.4 is 10.0 Å². The van der Waals surface area contributed by atoms with Gasteiger partial charge in [-0.2, -0.15) is 0 Å². The van der Waals surface area contributed by atoms with Crippen molar-refractivity contribution >= 4 is 49.4 Å². The normalized spacial score (nSPS) is 12.0. The molecule has 0 bridgehead atoms. The number of hydrogen-bond donors (Lipinski definition) is 2. The first-order valence-electron chi connectivity index (χ1n) is 9.85. The van der Waals surface area contributed by atoms with Gasteiger partial charge in [-0.3, -0.25) is 10.1 Å². The fraction of sp³-hybridized carbons (Fsp3) is 0.300. The van der Waals surface area contributed by atoms with Crippen molar-refractivity contribution in [2.75, 3.05) is 32.7 Å². The van der Waals surface area contributed by atoms with Crippen molar-refractivity contribution in [2.45, 2.75) is 18.1 Å². The van der Waals surface area contributed by atoms with Gasteiger partial charge in [-0.05, 0) is 12.1 Å². The van der Waals surface area contributed by atoms with Gasteiger partial charge in [0.1, 0.15) is 5.01 Å². The molecule has 34 heavy (non-hydrogen) atoms. The first kappa shape index (κ1) is 25.9. The van der Waals surface area contributed by atoms with Crippen LogP contribution in [0.2, 0.25) is 0 Å². The van der Waals surface area contributed by atoms with E-state index in [9.17, 15) is 13.2 Å². The summed E-state index contributed by atoms with van der Waals surface area (Å²) in [6.07, 6.45) is 3.25. The summed E-state index contributed by atoms with van der Waals surface area (Å²) in [5, 5.41) is 9.55. The zero-order chi connectivity index (χ0) is 24.4. The number of benzene rings is 1. The van der Waals surface area contributed by atoms with Gasteiger partial charge in [-0.25, -0.2) is 23.1 Å². The van der Waals surface area contributed by atoms with E-state index in [1.165, 1.54) is 54.0 Å². The lowest BCUT2D eigenvalue weighted by Gasteiger charge is -2.09. The molecule has 0 fully saturated rings. The zero-order valence-electron chi connectivity index (χ0n) is 18.4. The average molecular weight is 526 g/mol. The second-order valence-electron chi connectivity index (χ2n) is 6.57. The number of nitrogens with zero attached hydrogens (tertiary/aromatic N) is 3. The molecule has 1 aromatic carbocycles. The maximum atomic E-state index is 13.0. The highest BCUT2D eigenvalue weighted by molar-refractivity contribution is 7.89. The Labute approximate surface area is 204 Å². The van der Waals surface area contributed by atoms with Gasteiger partial charge in [-0.1, -0.05) is 28.6 Å². The molecule has 0 spiro atoms. The molecule has 0 atom stereocenters. The second-order valence-corrected chi connectivity index (χ2v) is 10.4. The molecule has 14 heteroatoms. The van der Waals surface area contributed by atoms with Gasteiger partial charge >= 0.3 is 0 Å². The topological polar surface area (TPSA) is 141 Å². The minimum atomic E-state index is -3.72. The summed E-state index contributed by atoms with van der Waals surface area (Å²) < 4.78 is 37.2. The van der Waals surface area contributed by atoms with Crippen LogP contribution in [0.5, 0.6) is 0 Å². The van der Waals surface area contributed by atoms with E-state index in [0.717, 1.165) is 4.88 Å². The summed E-state index contributed by atoms with van der Waals surface area (Å²) >= 11 is 2.66. The molecule has 3 rings (SSSR count). The number of rotatable bonds is 13. The summed E-state index contributed by atoms with van der Waals surface area (Å²) in [4.78, 5) is 27.5. The third-order valence-electron chi connectivity index (χ3n) is 4.14. The van der Waals surface area contributed by atoms with Crippen LogP contribution in [0.3, 0.4) is 0 Å². The summed E-state index contributed by atoms with van der Waals surface area (Å²) in [5.41, 5.74) is 0.317. The smallest absolute Gasteiger partial charge is 0.280 e. The number of nitrogens with one attached hydrogen (secondary N) is 2. The lowest BCUT2D eigenvalue weighted by Crippen LogP contribution is -2.27. The van der Waals surface area contributed by atoms with Crippen LogP contribution in [0.1, 0.15) is 15.4 Å². The van der Waals surface area contributed by atoms with E-state index in [-0.39, 0.29) is 30.4 Å². The number of sulfonamides is 1. The number of aromatic nitrogens is 2. The number of ether oxygens (including phenoxy) is 2. The molecule has 1 amide bonds. The second kappa shape index (κ2) is 12.6. The van der Waals surface area contributed by atoms with Gasteiger partial charge in [0.25, 0.3) is 5.91 Å². The minimum absolute atomic E-state index is 0.0416. The number of thiazole rings is 2. The van der Waals surface area contributed by atoms with Crippen LogP contribution in [0.4, 0.5) is 5.13 Å². The fourth-order valence-corrected chi connectivity index (χ4v) is 4.90. The first-order chi connectivity index (χ1) is 16.4. The van der Waals surface area contributed by atoms with Crippen LogP contribution in [0.15, 0.2) is 52.1 Å². The number of carbonyl (C=O) groups excluding carboxylic acids is 1. The van der Waals surface area contributed by atoms with Crippen LogP contribution in [0, 0.1) is 0 Å². The molecule has 182 valence electrons. The van der Waals surface area contributed by atoms with Crippen molar-refractivity contribution in [2.24, 2.45) is 5.16 Å². The molecule has 0 radical (unpaired) electrons. The molecule has 3 aromatic rings. The van der Waals surface area contributed by atoms with E-state index in [0.29, 0.717) is 22.3 Å². The number of anilines is 1. The molecule has 11 nitrogen and oxygen atoms in total. The van der Waals surface area contributed by atoms with Gasteiger partial charge in [0.05, 0.1) is 23.0 Å². The molecule has 0 unspecified atom stereocenters. The summed E-state index contributed by atoms with van der Waals surface area (Å²) in [5.74, 6) is -0.564. The largest absolute Gasteiger partial charge is 0.388 e. The van der Waals surface area contributed by atoms with Crippen molar-refractivity contribution in [1.82, 2.24) is 14.7 Å². The fourth-order valence-electron chi connectivity index (χ4n) is 2.59. The van der Waals surface area contributed by atoms with E-state index in [4.69, 9.17) is 14.3 Å². The number of hydrogen-bond acceptors (Lipinski definition) is 11. The molecule has 0 aliphatic carbocycles. The van der Waals surface area contributed by atoms with Crippen LogP contribution in [0.25, 0.3) is 0 Å². The minimum Gasteiger partial charge on any atom is -0.388 e. The summed E-state index contributed by atoms with van der Waals surface area (Å²) in [6, 6.07) is 5.73. The average Bonchev–Trinajstić information content (AvgIpc) is 3.49. The standard InChI is InChI=1S/C20H23N5O6S3/c1-29-9-7-23-34(27,28)16-5-3-14(4-6-16)18(25-31-13-17-21-8-10-32-17)19(26)24-20-22-11-15(33-20)12-30-2/h3-6,8,10-11,23H,7,9,12-13H2,1-2H3,(H,22,24,26)/b25-18+. The Morgan fingerprint density at radius 2 is 1.91 bits per heavy atom. The van der Waals surface area contributed by atoms with E-state index in [1.54, 1.807) is 24.9 Å². The van der Waals surface area contributed by atoms with E-state index in [2.05, 4.69) is 25.2 Å². The van der Waals surface area contributed by atoms with Gasteiger partial charge in [0, 0.05) is 44.1 Å². The van der Waals surface area contributed by atoms with Crippen molar-refractivity contribution in [3.05, 3.63) is 57.5 Å². The first-order valence-corrected chi connectivity index (χ1v) is 13.0. The molecule has 0 saturated heterocycles. The summed E-state index contributed by atoms with van der Waals surface area (Å²) in [6.45, 7) is 0.839. The Morgan fingerprint density at radius 1 is 1.12 bits per heavy atom. The highest BCUT2D eigenvalue weighted by Gasteiger charge is 2.19. The molecule has 0 aliphatic rings. The maximum absolute atomic E-state index is 13.0. The Balaban J connectivity index is 1.79. The predicted octanol–water partition coefficient (Wildman–Crippen LogP) is 2.23. The van der Waals surface area contributed by atoms with Crippen molar-refractivity contribution < 1.29 is 27.5 Å². The van der Waals surface area contributed by atoms with Gasteiger partial charge < -0.3 is 14.3 Å². The van der Waals surface area contributed by atoms with E-state index < -0.39 is 15.9 Å². The Bertz CT molecular complexity index is 1190. The van der Waals surface area contributed by atoms with Crippen LogP contribution in [-0.2, 0) is 42.3 Å². The SMILES string of the molecule is COCCNS(=O)(=O)c1ccc(/C(=N\OCc2nccs2)C(=O)Nc2ncc(COC)s2)cc1. The van der Waals surface area contributed by atoms with E-state index in [1.807, 2.05) is 0 Å². The quantitative estimate of drug-likeness (QED) is 0.197. The molecule has 2 heterocycles. The number of amides is 1. The van der Waals surface area contributed by atoms with E-state index >= 15 is 0 Å². The van der Waals surface area contributed by atoms with Gasteiger partial charge in [-0.15, -0.1) is 11.3 Å². The number of oxime groups is 1. The maximum Gasteiger partial charge on any atom is 0.280 e. The Kier molecular flexibility index (Phi) is 9.62. The third-order valence-corrected chi connectivity index (χ3v) is 7.26.